The van der Waals surface area contributed by atoms with Gasteiger partial charge in [-0.2, -0.15) is 0 Å². The molecule has 5 heteroatoms. The highest BCUT2D eigenvalue weighted by atomic mass is 16.7. The van der Waals surface area contributed by atoms with Crippen LogP contribution < -0.4 is 4.74 Å². The van der Waals surface area contributed by atoms with Crippen LogP contribution in [0, 0.1) is 6.92 Å². The summed E-state index contributed by atoms with van der Waals surface area (Å²) in [5, 5.41) is 3.74. The quantitative estimate of drug-likeness (QED) is 0.722. The second-order valence-electron chi connectivity index (χ2n) is 3.40. The Kier molecular flexibility index (Phi) is 3.71. The van der Waals surface area contributed by atoms with Crippen molar-refractivity contribution in [1.82, 2.24) is 5.16 Å². The molecule has 1 rings (SSSR count). The van der Waals surface area contributed by atoms with E-state index in [-0.39, 0.29) is 12.5 Å². The topological polar surface area (TPSA) is 61.6 Å². The minimum Gasteiger partial charge on any atom is -0.434 e. The van der Waals surface area contributed by atoms with Gasteiger partial charge in [-0.15, -0.1) is 0 Å². The summed E-state index contributed by atoms with van der Waals surface area (Å²) in [6.45, 7) is 7.56. The molecule has 0 unspecified atom stereocenters. The number of aromatic nitrogens is 1. The van der Waals surface area contributed by atoms with E-state index in [2.05, 4.69) is 9.89 Å². The fraction of sp³-hybridized carbons (Fsp3) is 0.600. The zero-order valence-electron chi connectivity index (χ0n) is 9.36. The molecule has 0 aliphatic heterocycles. The van der Waals surface area contributed by atoms with E-state index in [1.54, 1.807) is 13.8 Å². The highest BCUT2D eigenvalue weighted by Gasteiger charge is 2.20. The highest BCUT2D eigenvalue weighted by molar-refractivity contribution is 5.64. The summed E-state index contributed by atoms with van der Waals surface area (Å²) in [6, 6.07) is 0. The Hall–Kier alpha value is -1.52. The van der Waals surface area contributed by atoms with E-state index in [9.17, 15) is 4.79 Å². The molecule has 0 fully saturated rings. The number of hydrogen-bond acceptors (Lipinski definition) is 5. The lowest BCUT2D eigenvalue weighted by Crippen LogP contribution is -2.11. The Bertz CT molecular complexity index is 343. The van der Waals surface area contributed by atoms with Crippen LogP contribution in [-0.2, 0) is 4.74 Å². The van der Waals surface area contributed by atoms with Crippen LogP contribution in [0.5, 0.6) is 5.75 Å². The van der Waals surface area contributed by atoms with Crippen molar-refractivity contribution in [3.8, 4) is 5.75 Å². The molecule has 1 aromatic heterocycles. The van der Waals surface area contributed by atoms with Gasteiger partial charge in [-0.05, 0) is 13.8 Å². The first-order chi connectivity index (χ1) is 7.06. The number of carbonyl (C=O) groups is 1. The van der Waals surface area contributed by atoms with Gasteiger partial charge in [0, 0.05) is 5.92 Å². The molecular weight excluding hydrogens is 198 g/mol. The van der Waals surface area contributed by atoms with Gasteiger partial charge in [0.15, 0.2) is 11.5 Å². The zero-order valence-corrected chi connectivity index (χ0v) is 9.36. The van der Waals surface area contributed by atoms with Crippen molar-refractivity contribution < 1.29 is 18.8 Å². The first-order valence-electron chi connectivity index (χ1n) is 4.87. The van der Waals surface area contributed by atoms with Gasteiger partial charge >= 0.3 is 6.16 Å². The van der Waals surface area contributed by atoms with Crippen molar-refractivity contribution in [3.05, 3.63) is 11.5 Å². The number of nitrogens with zero attached hydrogens (tertiary/aromatic N) is 1. The summed E-state index contributed by atoms with van der Waals surface area (Å²) >= 11 is 0. The lowest BCUT2D eigenvalue weighted by atomic mass is 10.1. The van der Waals surface area contributed by atoms with Crippen LogP contribution in [0.1, 0.15) is 38.1 Å². The molecule has 0 spiro atoms. The maximum atomic E-state index is 11.1. The smallest absolute Gasteiger partial charge is 0.434 e. The lowest BCUT2D eigenvalue weighted by Gasteiger charge is -2.05. The largest absolute Gasteiger partial charge is 0.514 e. The third-order valence-corrected chi connectivity index (χ3v) is 1.81. The molecule has 0 amide bonds. The van der Waals surface area contributed by atoms with Gasteiger partial charge in [-0.25, -0.2) is 4.79 Å². The van der Waals surface area contributed by atoms with Crippen molar-refractivity contribution >= 4 is 6.16 Å². The first-order valence-corrected chi connectivity index (χ1v) is 4.87. The Morgan fingerprint density at radius 3 is 2.73 bits per heavy atom. The Labute approximate surface area is 88.3 Å². The summed E-state index contributed by atoms with van der Waals surface area (Å²) in [7, 11) is 0. The molecule has 0 saturated heterocycles. The van der Waals surface area contributed by atoms with Gasteiger partial charge in [0.1, 0.15) is 5.69 Å². The van der Waals surface area contributed by atoms with Gasteiger partial charge in [-0.3, -0.25) is 0 Å². The molecule has 0 bridgehead atoms. The summed E-state index contributed by atoms with van der Waals surface area (Å²) in [5.41, 5.74) is 0.548. The normalized spacial score (nSPS) is 10.5. The molecule has 1 heterocycles. The molecule has 5 nitrogen and oxygen atoms in total. The Morgan fingerprint density at radius 2 is 2.20 bits per heavy atom. The molecule has 0 N–H and O–H groups in total. The molecular formula is C10H15NO4. The van der Waals surface area contributed by atoms with E-state index in [4.69, 9.17) is 9.26 Å². The van der Waals surface area contributed by atoms with Crippen LogP contribution >= 0.6 is 0 Å². The van der Waals surface area contributed by atoms with Crippen LogP contribution in [0.25, 0.3) is 0 Å². The second-order valence-corrected chi connectivity index (χ2v) is 3.40. The van der Waals surface area contributed by atoms with E-state index in [1.165, 1.54) is 0 Å². The van der Waals surface area contributed by atoms with Crippen LogP contribution in [0.4, 0.5) is 4.79 Å². The SMILES string of the molecule is CCOC(=O)Oc1c(C)noc1C(C)C. The maximum absolute atomic E-state index is 11.1. The number of aryl methyl sites for hydroxylation is 1. The molecule has 1 aromatic rings. The highest BCUT2D eigenvalue weighted by Crippen LogP contribution is 2.29. The summed E-state index contributed by atoms with van der Waals surface area (Å²) < 4.78 is 14.7. The second kappa shape index (κ2) is 4.82. The maximum Gasteiger partial charge on any atom is 0.514 e. The molecule has 84 valence electrons. The number of hydrogen-bond donors (Lipinski definition) is 0. The Balaban J connectivity index is 2.83. The van der Waals surface area contributed by atoms with Gasteiger partial charge in [0.2, 0.25) is 0 Å². The van der Waals surface area contributed by atoms with E-state index in [0.717, 1.165) is 0 Å². The molecule has 0 radical (unpaired) electrons. The van der Waals surface area contributed by atoms with Gasteiger partial charge in [-0.1, -0.05) is 19.0 Å². The minimum absolute atomic E-state index is 0.107. The molecule has 0 aliphatic carbocycles. The third kappa shape index (κ3) is 2.71. The molecule has 15 heavy (non-hydrogen) atoms. The molecule has 0 atom stereocenters. The van der Waals surface area contributed by atoms with Crippen molar-refractivity contribution in [2.75, 3.05) is 6.61 Å². The van der Waals surface area contributed by atoms with Crippen molar-refractivity contribution in [1.29, 1.82) is 0 Å². The molecule has 0 saturated carbocycles. The summed E-state index contributed by atoms with van der Waals surface area (Å²) in [5.74, 6) is 1.03. The standard InChI is InChI=1S/C10H15NO4/c1-5-13-10(12)14-9-7(4)11-15-8(9)6(2)3/h6H,5H2,1-4H3. The monoisotopic (exact) mass is 213 g/mol. The van der Waals surface area contributed by atoms with Gasteiger partial charge in [0.05, 0.1) is 6.61 Å². The number of carbonyl (C=O) groups excluding carboxylic acids is 1. The summed E-state index contributed by atoms with van der Waals surface area (Å²) in [6.07, 6.45) is -0.731. The van der Waals surface area contributed by atoms with Crippen molar-refractivity contribution in [2.45, 2.75) is 33.6 Å². The van der Waals surface area contributed by atoms with E-state index < -0.39 is 6.16 Å². The number of ether oxygens (including phenoxy) is 2. The minimum atomic E-state index is -0.731. The van der Waals surface area contributed by atoms with Crippen molar-refractivity contribution in [3.63, 3.8) is 0 Å². The average molecular weight is 213 g/mol. The van der Waals surface area contributed by atoms with Crippen LogP contribution in [0.2, 0.25) is 0 Å². The number of rotatable bonds is 3. The molecule has 0 aliphatic rings. The average Bonchev–Trinajstić information content (AvgIpc) is 2.48. The predicted octanol–water partition coefficient (Wildman–Crippen LogP) is 2.64. The lowest BCUT2D eigenvalue weighted by molar-refractivity contribution is 0.103. The van der Waals surface area contributed by atoms with Crippen molar-refractivity contribution in [2.24, 2.45) is 0 Å². The summed E-state index contributed by atoms with van der Waals surface area (Å²) in [4.78, 5) is 11.1. The van der Waals surface area contributed by atoms with Crippen LogP contribution in [0.3, 0.4) is 0 Å². The van der Waals surface area contributed by atoms with Gasteiger partial charge < -0.3 is 14.0 Å². The Morgan fingerprint density at radius 1 is 1.53 bits per heavy atom. The van der Waals surface area contributed by atoms with E-state index in [0.29, 0.717) is 17.2 Å². The predicted molar refractivity (Wildman–Crippen MR) is 53.0 cm³/mol. The van der Waals surface area contributed by atoms with E-state index >= 15 is 0 Å². The van der Waals surface area contributed by atoms with E-state index in [1.807, 2.05) is 13.8 Å². The fourth-order valence-electron chi connectivity index (χ4n) is 1.10. The van der Waals surface area contributed by atoms with Crippen LogP contribution in [-0.4, -0.2) is 17.9 Å². The fourth-order valence-corrected chi connectivity index (χ4v) is 1.10. The van der Waals surface area contributed by atoms with Gasteiger partial charge in [0.25, 0.3) is 0 Å². The zero-order chi connectivity index (χ0) is 11.4. The molecule has 0 aromatic carbocycles. The third-order valence-electron chi connectivity index (χ3n) is 1.81. The van der Waals surface area contributed by atoms with Crippen LogP contribution in [0.15, 0.2) is 4.52 Å². The first kappa shape index (κ1) is 11.6.